The number of nitrogens with zero attached hydrogens (tertiary/aromatic N) is 2. The molecule has 5 nitrogen and oxygen atoms in total. The van der Waals surface area contributed by atoms with Gasteiger partial charge in [-0.3, -0.25) is 9.69 Å². The quantitative estimate of drug-likeness (QED) is 0.637. The maximum Gasteiger partial charge on any atom is 0.254 e. The number of carbonyl (C=O) groups is 1. The van der Waals surface area contributed by atoms with Crippen LogP contribution in [-0.4, -0.2) is 60.5 Å². The molecule has 1 saturated heterocycles. The molecule has 2 atom stereocenters. The number of nitrogens with two attached hydrogens (primary N) is 2. The fourth-order valence-corrected chi connectivity index (χ4v) is 3.99. The molecule has 8 heteroatoms. The van der Waals surface area contributed by atoms with E-state index in [1.165, 1.54) is 0 Å². The van der Waals surface area contributed by atoms with Crippen LogP contribution >= 0.6 is 37.2 Å². The lowest BCUT2D eigenvalue weighted by Crippen LogP contribution is -2.57. The van der Waals surface area contributed by atoms with Crippen LogP contribution in [0.3, 0.4) is 0 Å². The zero-order valence-electron chi connectivity index (χ0n) is 17.5. The van der Waals surface area contributed by atoms with Crippen LogP contribution in [0, 0.1) is 0 Å². The van der Waals surface area contributed by atoms with Crippen LogP contribution in [0.4, 0.5) is 0 Å². The van der Waals surface area contributed by atoms with Gasteiger partial charge in [-0.25, -0.2) is 0 Å². The topological polar surface area (TPSA) is 75.6 Å². The molecule has 170 valence electrons. The van der Waals surface area contributed by atoms with Crippen molar-refractivity contribution in [3.05, 3.63) is 48.0 Å². The summed E-state index contributed by atoms with van der Waals surface area (Å²) in [5.41, 5.74) is 12.6. The minimum Gasteiger partial charge on any atom is -0.336 e. The number of fused-ring (bicyclic) bond motifs is 1. The standard InChI is InChI=1S/C22H32N4O.3ClH/c1-2-3-9-19-16-26(13-12-25(19)15-18(24)14-23)22(27)21-11-6-8-17-7-4-5-10-20(17)21;;;/h4-8,10-11,18-19H,2-3,9,12-16,23-24H2,1H3;3*1H. The number of rotatable bonds is 7. The van der Waals surface area contributed by atoms with Gasteiger partial charge >= 0.3 is 0 Å². The van der Waals surface area contributed by atoms with E-state index in [2.05, 4.69) is 24.0 Å². The molecule has 1 heterocycles. The summed E-state index contributed by atoms with van der Waals surface area (Å²) in [5, 5.41) is 2.14. The molecule has 0 aliphatic carbocycles. The predicted molar refractivity (Wildman–Crippen MR) is 134 cm³/mol. The lowest BCUT2D eigenvalue weighted by atomic mass is 10.0. The van der Waals surface area contributed by atoms with Crippen molar-refractivity contribution in [3.63, 3.8) is 0 Å². The highest BCUT2D eigenvalue weighted by atomic mass is 35.5. The SMILES string of the molecule is CCCCC1CN(C(=O)c2cccc3ccccc23)CCN1CC(N)CN.Cl.Cl.Cl. The lowest BCUT2D eigenvalue weighted by Gasteiger charge is -2.42. The minimum atomic E-state index is -0.00514. The second kappa shape index (κ2) is 14.1. The van der Waals surface area contributed by atoms with Crippen LogP contribution in [0.5, 0.6) is 0 Å². The van der Waals surface area contributed by atoms with E-state index in [1.807, 2.05) is 35.2 Å². The number of hydrogen-bond acceptors (Lipinski definition) is 4. The van der Waals surface area contributed by atoms with Gasteiger partial charge in [-0.05, 0) is 23.3 Å². The summed E-state index contributed by atoms with van der Waals surface area (Å²) < 4.78 is 0. The number of unbranched alkanes of at least 4 members (excludes halogenated alkanes) is 1. The Morgan fingerprint density at radius 3 is 2.50 bits per heavy atom. The largest absolute Gasteiger partial charge is 0.336 e. The fraction of sp³-hybridized carbons (Fsp3) is 0.500. The fourth-order valence-electron chi connectivity index (χ4n) is 3.99. The molecule has 0 bridgehead atoms. The Morgan fingerprint density at radius 1 is 1.10 bits per heavy atom. The Bertz CT molecular complexity index is 772. The van der Waals surface area contributed by atoms with E-state index in [0.717, 1.165) is 61.8 Å². The van der Waals surface area contributed by atoms with Crippen LogP contribution in [0.1, 0.15) is 36.5 Å². The second-order valence-electron chi connectivity index (χ2n) is 7.56. The van der Waals surface area contributed by atoms with Gasteiger partial charge in [-0.15, -0.1) is 37.2 Å². The van der Waals surface area contributed by atoms with Gasteiger partial charge in [0.1, 0.15) is 0 Å². The van der Waals surface area contributed by atoms with Gasteiger partial charge in [0.25, 0.3) is 5.91 Å². The van der Waals surface area contributed by atoms with Gasteiger partial charge in [-0.1, -0.05) is 56.2 Å². The average molecular weight is 478 g/mol. The highest BCUT2D eigenvalue weighted by molar-refractivity contribution is 6.07. The first-order valence-electron chi connectivity index (χ1n) is 10.1. The molecule has 2 aromatic rings. The van der Waals surface area contributed by atoms with E-state index in [9.17, 15) is 4.79 Å². The smallest absolute Gasteiger partial charge is 0.254 e. The summed E-state index contributed by atoms with van der Waals surface area (Å²) in [6, 6.07) is 14.4. The summed E-state index contributed by atoms with van der Waals surface area (Å²) in [7, 11) is 0. The summed E-state index contributed by atoms with van der Waals surface area (Å²) in [6.45, 7) is 5.87. The highest BCUT2D eigenvalue weighted by Crippen LogP contribution is 2.23. The normalized spacial score (nSPS) is 17.4. The maximum absolute atomic E-state index is 13.3. The first kappa shape index (κ1) is 28.9. The van der Waals surface area contributed by atoms with E-state index in [-0.39, 0.29) is 49.2 Å². The van der Waals surface area contributed by atoms with Gasteiger partial charge in [0.15, 0.2) is 0 Å². The summed E-state index contributed by atoms with van der Waals surface area (Å²) >= 11 is 0. The van der Waals surface area contributed by atoms with Gasteiger partial charge < -0.3 is 16.4 Å². The number of hydrogen-bond donors (Lipinski definition) is 2. The van der Waals surface area contributed by atoms with Gasteiger partial charge in [0, 0.05) is 50.4 Å². The highest BCUT2D eigenvalue weighted by Gasteiger charge is 2.30. The third-order valence-electron chi connectivity index (χ3n) is 5.57. The molecule has 1 fully saturated rings. The first-order valence-corrected chi connectivity index (χ1v) is 10.1. The van der Waals surface area contributed by atoms with Crippen molar-refractivity contribution in [2.75, 3.05) is 32.7 Å². The van der Waals surface area contributed by atoms with Crippen molar-refractivity contribution in [1.82, 2.24) is 9.80 Å². The number of piperazine rings is 1. The Hall–Kier alpha value is -1.08. The van der Waals surface area contributed by atoms with Crippen molar-refractivity contribution in [1.29, 1.82) is 0 Å². The molecule has 0 radical (unpaired) electrons. The van der Waals surface area contributed by atoms with E-state index in [0.29, 0.717) is 12.6 Å². The van der Waals surface area contributed by atoms with Crippen LogP contribution in [0.25, 0.3) is 10.8 Å². The molecule has 0 spiro atoms. The predicted octanol–water partition coefficient (Wildman–Crippen LogP) is 3.71. The van der Waals surface area contributed by atoms with Crippen molar-refractivity contribution in [3.8, 4) is 0 Å². The Balaban J connectivity index is 0.00000280. The zero-order chi connectivity index (χ0) is 19.2. The monoisotopic (exact) mass is 476 g/mol. The summed E-state index contributed by atoms with van der Waals surface area (Å²) in [5.74, 6) is 0.135. The molecule has 1 aliphatic rings. The molecule has 0 saturated carbocycles. The van der Waals surface area contributed by atoms with Gasteiger partial charge in [-0.2, -0.15) is 0 Å². The molecular weight excluding hydrogens is 443 g/mol. The summed E-state index contributed by atoms with van der Waals surface area (Å²) in [4.78, 5) is 17.7. The molecule has 2 unspecified atom stereocenters. The van der Waals surface area contributed by atoms with Crippen molar-refractivity contribution in [2.24, 2.45) is 11.5 Å². The van der Waals surface area contributed by atoms with Crippen molar-refractivity contribution >= 4 is 53.9 Å². The molecule has 30 heavy (non-hydrogen) atoms. The minimum absolute atomic E-state index is 0. The third-order valence-corrected chi connectivity index (χ3v) is 5.57. The third kappa shape index (κ3) is 6.98. The van der Waals surface area contributed by atoms with E-state index in [4.69, 9.17) is 11.5 Å². The number of amides is 1. The van der Waals surface area contributed by atoms with Crippen LogP contribution < -0.4 is 11.5 Å². The molecule has 1 aliphatic heterocycles. The van der Waals surface area contributed by atoms with E-state index < -0.39 is 0 Å². The molecule has 0 aromatic heterocycles. The van der Waals surface area contributed by atoms with Crippen molar-refractivity contribution < 1.29 is 4.79 Å². The van der Waals surface area contributed by atoms with E-state index in [1.54, 1.807) is 0 Å². The Morgan fingerprint density at radius 2 is 1.80 bits per heavy atom. The van der Waals surface area contributed by atoms with Gasteiger partial charge in [0.05, 0.1) is 0 Å². The van der Waals surface area contributed by atoms with Crippen LogP contribution in [-0.2, 0) is 0 Å². The number of halogens is 3. The van der Waals surface area contributed by atoms with E-state index >= 15 is 0 Å². The van der Waals surface area contributed by atoms with Crippen LogP contribution in [0.2, 0.25) is 0 Å². The Labute approximate surface area is 198 Å². The number of carbonyl (C=O) groups excluding carboxylic acids is 1. The maximum atomic E-state index is 13.3. The Kier molecular flexibility index (Phi) is 13.6. The van der Waals surface area contributed by atoms with Crippen molar-refractivity contribution in [2.45, 2.75) is 38.3 Å². The lowest BCUT2D eigenvalue weighted by molar-refractivity contribution is 0.0446. The van der Waals surface area contributed by atoms with Gasteiger partial charge in [0.2, 0.25) is 0 Å². The molecule has 3 rings (SSSR count). The number of benzene rings is 2. The molecule has 4 N–H and O–H groups in total. The summed E-state index contributed by atoms with van der Waals surface area (Å²) in [6.07, 6.45) is 3.41. The van der Waals surface area contributed by atoms with Crippen LogP contribution in [0.15, 0.2) is 42.5 Å². The molecule has 1 amide bonds. The second-order valence-corrected chi connectivity index (χ2v) is 7.56. The zero-order valence-corrected chi connectivity index (χ0v) is 20.0. The first-order chi connectivity index (χ1) is 13.1. The molecule has 2 aromatic carbocycles. The molecular formula is C22H35Cl3N4O. The average Bonchev–Trinajstić information content (AvgIpc) is 2.71.